The van der Waals surface area contributed by atoms with Crippen molar-refractivity contribution in [2.45, 2.75) is 26.0 Å². The van der Waals surface area contributed by atoms with Crippen LogP contribution in [0.15, 0.2) is 24.6 Å². The van der Waals surface area contributed by atoms with Crippen LogP contribution in [0.2, 0.25) is 0 Å². The van der Waals surface area contributed by atoms with Gasteiger partial charge < -0.3 is 4.74 Å². The van der Waals surface area contributed by atoms with E-state index in [1.165, 1.54) is 0 Å². The molecule has 11 heavy (non-hydrogen) atoms. The Morgan fingerprint density at radius 3 is 2.18 bits per heavy atom. The van der Waals surface area contributed by atoms with Gasteiger partial charge in [0.05, 0.1) is 5.73 Å². The fourth-order valence-electron chi connectivity index (χ4n) is 1.11. The molecule has 0 heterocycles. The molecule has 0 aliphatic heterocycles. The van der Waals surface area contributed by atoms with Gasteiger partial charge in [-0.3, -0.25) is 0 Å². The SMILES string of the molecule is C=C[SiH](C=C)C(CC)OCC. The van der Waals surface area contributed by atoms with E-state index in [1.54, 1.807) is 0 Å². The average Bonchev–Trinajstić information content (AvgIpc) is 2.05. The predicted molar refractivity (Wildman–Crippen MR) is 53.2 cm³/mol. The molecule has 1 unspecified atom stereocenters. The van der Waals surface area contributed by atoms with E-state index in [2.05, 4.69) is 20.1 Å². The van der Waals surface area contributed by atoms with Gasteiger partial charge in [0.2, 0.25) is 0 Å². The van der Waals surface area contributed by atoms with Crippen LogP contribution >= 0.6 is 0 Å². The maximum absolute atomic E-state index is 5.55. The maximum atomic E-state index is 5.55. The molecule has 0 saturated heterocycles. The Morgan fingerprint density at radius 2 is 1.91 bits per heavy atom. The standard InChI is InChI=1S/C9H18OSi/c1-5-9(10-6-2)11(7-3)8-4/h7-9,11H,3-6H2,1-2H3. The van der Waals surface area contributed by atoms with Gasteiger partial charge >= 0.3 is 0 Å². The third-order valence-corrected chi connectivity index (χ3v) is 4.37. The molecule has 0 rings (SSSR count). The van der Waals surface area contributed by atoms with E-state index in [-0.39, 0.29) is 0 Å². The summed E-state index contributed by atoms with van der Waals surface area (Å²) < 4.78 is 5.55. The minimum absolute atomic E-state index is 0.398. The van der Waals surface area contributed by atoms with Crippen molar-refractivity contribution in [3.05, 3.63) is 24.6 Å². The molecule has 2 heteroatoms. The fraction of sp³-hybridized carbons (Fsp3) is 0.556. The molecule has 0 N–H and O–H groups in total. The van der Waals surface area contributed by atoms with Crippen LogP contribution in [0, 0.1) is 0 Å². The zero-order valence-electron chi connectivity index (χ0n) is 7.55. The fourth-order valence-corrected chi connectivity index (χ4v) is 2.87. The van der Waals surface area contributed by atoms with Crippen molar-refractivity contribution in [3.63, 3.8) is 0 Å². The predicted octanol–water partition coefficient (Wildman–Crippen LogP) is 2.02. The molecule has 1 nitrogen and oxygen atoms in total. The Kier molecular flexibility index (Phi) is 6.17. The molecular formula is C9H18OSi. The summed E-state index contributed by atoms with van der Waals surface area (Å²) in [6, 6.07) is 0. The Bertz CT molecular complexity index is 115. The second-order valence-electron chi connectivity index (χ2n) is 2.45. The van der Waals surface area contributed by atoms with Crippen LogP contribution in [-0.4, -0.2) is 21.1 Å². The van der Waals surface area contributed by atoms with Crippen LogP contribution in [0.25, 0.3) is 0 Å². The lowest BCUT2D eigenvalue weighted by atomic mass is 10.5. The quantitative estimate of drug-likeness (QED) is 0.554. The van der Waals surface area contributed by atoms with Crippen molar-refractivity contribution in [2.75, 3.05) is 6.61 Å². The Balaban J connectivity index is 3.96. The Labute approximate surface area is 71.4 Å². The Hall–Kier alpha value is -0.343. The molecule has 64 valence electrons. The van der Waals surface area contributed by atoms with Gasteiger partial charge in [0.25, 0.3) is 0 Å². The first-order chi connectivity index (χ1) is 5.29. The molecule has 0 aliphatic carbocycles. The van der Waals surface area contributed by atoms with Crippen molar-refractivity contribution in [1.82, 2.24) is 0 Å². The van der Waals surface area contributed by atoms with Crippen LogP contribution in [0.1, 0.15) is 20.3 Å². The van der Waals surface area contributed by atoms with Gasteiger partial charge in [-0.25, -0.2) is 0 Å². The van der Waals surface area contributed by atoms with Gasteiger partial charge in [-0.2, -0.15) is 0 Å². The summed E-state index contributed by atoms with van der Waals surface area (Å²) in [5.41, 5.74) is 4.45. The molecule has 0 spiro atoms. The van der Waals surface area contributed by atoms with Crippen molar-refractivity contribution in [3.8, 4) is 0 Å². The molecule has 0 fully saturated rings. The Morgan fingerprint density at radius 1 is 1.36 bits per heavy atom. The van der Waals surface area contributed by atoms with Gasteiger partial charge in [-0.05, 0) is 13.3 Å². The smallest absolute Gasteiger partial charge is 0.117 e. The van der Waals surface area contributed by atoms with Crippen LogP contribution < -0.4 is 0 Å². The van der Waals surface area contributed by atoms with Crippen LogP contribution in [0.5, 0.6) is 0 Å². The lowest BCUT2D eigenvalue weighted by Crippen LogP contribution is -2.29. The van der Waals surface area contributed by atoms with Gasteiger partial charge in [-0.1, -0.05) is 18.3 Å². The first kappa shape index (κ1) is 10.7. The summed E-state index contributed by atoms with van der Waals surface area (Å²) >= 11 is 0. The van der Waals surface area contributed by atoms with E-state index >= 15 is 0 Å². The minimum Gasteiger partial charge on any atom is -0.381 e. The van der Waals surface area contributed by atoms with Gasteiger partial charge in [-0.15, -0.1) is 13.2 Å². The lowest BCUT2D eigenvalue weighted by molar-refractivity contribution is 0.113. The molecule has 0 saturated carbocycles. The highest BCUT2D eigenvalue weighted by atomic mass is 28.3. The molecule has 0 radical (unpaired) electrons. The van der Waals surface area contributed by atoms with Crippen LogP contribution in [0.3, 0.4) is 0 Å². The van der Waals surface area contributed by atoms with Gasteiger partial charge in [0.15, 0.2) is 0 Å². The van der Waals surface area contributed by atoms with Crippen molar-refractivity contribution >= 4 is 8.80 Å². The second kappa shape index (κ2) is 6.37. The van der Waals surface area contributed by atoms with Gasteiger partial charge in [0.1, 0.15) is 8.80 Å². The monoisotopic (exact) mass is 170 g/mol. The van der Waals surface area contributed by atoms with E-state index in [4.69, 9.17) is 4.74 Å². The topological polar surface area (TPSA) is 9.23 Å². The summed E-state index contributed by atoms with van der Waals surface area (Å²) in [6.45, 7) is 12.6. The third kappa shape index (κ3) is 3.53. The largest absolute Gasteiger partial charge is 0.381 e. The average molecular weight is 170 g/mol. The highest BCUT2D eigenvalue weighted by Gasteiger charge is 2.14. The number of ether oxygens (including phenoxy) is 1. The lowest BCUT2D eigenvalue weighted by Gasteiger charge is -2.18. The van der Waals surface area contributed by atoms with E-state index in [0.29, 0.717) is 5.73 Å². The van der Waals surface area contributed by atoms with Crippen molar-refractivity contribution in [1.29, 1.82) is 0 Å². The van der Waals surface area contributed by atoms with Crippen molar-refractivity contribution in [2.24, 2.45) is 0 Å². The summed E-state index contributed by atoms with van der Waals surface area (Å²) in [5.74, 6) is 0. The van der Waals surface area contributed by atoms with Crippen LogP contribution in [-0.2, 0) is 4.74 Å². The second-order valence-corrected chi connectivity index (χ2v) is 5.29. The normalized spacial score (nSPS) is 13.0. The van der Waals surface area contributed by atoms with Crippen LogP contribution in [0.4, 0.5) is 0 Å². The number of hydrogen-bond acceptors (Lipinski definition) is 1. The number of rotatable bonds is 6. The highest BCUT2D eigenvalue weighted by Crippen LogP contribution is 2.04. The number of hydrogen-bond donors (Lipinski definition) is 0. The van der Waals surface area contributed by atoms with Gasteiger partial charge in [0, 0.05) is 6.61 Å². The van der Waals surface area contributed by atoms with E-state index in [1.807, 2.05) is 18.3 Å². The summed E-state index contributed by atoms with van der Waals surface area (Å²) in [5, 5.41) is 0. The van der Waals surface area contributed by atoms with E-state index in [0.717, 1.165) is 13.0 Å². The molecular weight excluding hydrogens is 152 g/mol. The minimum atomic E-state index is -1.02. The van der Waals surface area contributed by atoms with E-state index < -0.39 is 8.80 Å². The first-order valence-corrected chi connectivity index (χ1v) is 6.16. The maximum Gasteiger partial charge on any atom is 0.117 e. The van der Waals surface area contributed by atoms with E-state index in [9.17, 15) is 0 Å². The summed E-state index contributed by atoms with van der Waals surface area (Å²) in [7, 11) is -1.02. The molecule has 1 atom stereocenters. The molecule has 0 amide bonds. The molecule has 0 aromatic carbocycles. The molecule has 0 aliphatic rings. The third-order valence-electron chi connectivity index (χ3n) is 1.76. The zero-order chi connectivity index (χ0) is 8.69. The summed E-state index contributed by atoms with van der Waals surface area (Å²) in [4.78, 5) is 0. The summed E-state index contributed by atoms with van der Waals surface area (Å²) in [6.07, 6.45) is 1.07. The highest BCUT2D eigenvalue weighted by molar-refractivity contribution is 6.70. The van der Waals surface area contributed by atoms with Crippen molar-refractivity contribution < 1.29 is 4.74 Å². The molecule has 0 aromatic rings. The molecule has 0 aromatic heterocycles. The molecule has 0 bridgehead atoms. The first-order valence-electron chi connectivity index (χ1n) is 4.16. The zero-order valence-corrected chi connectivity index (χ0v) is 8.70.